The van der Waals surface area contributed by atoms with E-state index in [1.165, 1.54) is 38.2 Å². The number of nitrogens with two attached hydrogens (primary N) is 1. The Balaban J connectivity index is 0.876. The summed E-state index contributed by atoms with van der Waals surface area (Å²) in [5, 5.41) is 8.75. The summed E-state index contributed by atoms with van der Waals surface area (Å²) in [6.07, 6.45) is 6.11. The molecule has 5 atom stereocenters. The molecule has 5 aromatic rings. The number of amides is 8. The van der Waals surface area contributed by atoms with E-state index in [-0.39, 0.29) is 86.1 Å². The molecular weight excluding hydrogens is 1080 g/mol. The van der Waals surface area contributed by atoms with Crippen molar-refractivity contribution in [2.45, 2.75) is 126 Å². The van der Waals surface area contributed by atoms with Crippen molar-refractivity contribution >= 4 is 87.6 Å². The number of halogens is 2. The number of thiophene rings is 1. The van der Waals surface area contributed by atoms with Crippen LogP contribution in [-0.4, -0.2) is 114 Å². The van der Waals surface area contributed by atoms with Gasteiger partial charge in [0.15, 0.2) is 0 Å². The summed E-state index contributed by atoms with van der Waals surface area (Å²) in [7, 11) is -5.90. The minimum absolute atomic E-state index is 0.0125. The van der Waals surface area contributed by atoms with Crippen LogP contribution < -0.4 is 21.7 Å². The highest BCUT2D eigenvalue weighted by Gasteiger charge is 2.51. The van der Waals surface area contributed by atoms with Crippen LogP contribution in [0, 0.1) is 11.8 Å². The molecule has 4 aliphatic heterocycles. The second-order valence-corrected chi connectivity index (χ2v) is 24.0. The molecule has 3 fully saturated rings. The Bertz CT molecular complexity index is 3340. The molecule has 414 valence electrons. The van der Waals surface area contributed by atoms with Gasteiger partial charge >= 0.3 is 13.3 Å². The first-order chi connectivity index (χ1) is 37.7. The van der Waals surface area contributed by atoms with Gasteiger partial charge in [0.25, 0.3) is 11.8 Å². The number of rotatable bonds is 18. The fraction of sp³-hybridized carbons (Fsp3) is 0.400. The molecule has 9 rings (SSSR count). The number of hydrogen-bond acceptors (Lipinski definition) is 12. The molecule has 79 heavy (non-hydrogen) atoms. The number of primary amides is 1. The van der Waals surface area contributed by atoms with Crippen molar-refractivity contribution in [2.75, 3.05) is 13.1 Å². The molecule has 0 spiro atoms. The van der Waals surface area contributed by atoms with Gasteiger partial charge in [0.2, 0.25) is 35.4 Å². The third kappa shape index (κ3) is 12.8. The van der Waals surface area contributed by atoms with Crippen LogP contribution in [0.1, 0.15) is 135 Å². The molecule has 3 aromatic carbocycles. The van der Waals surface area contributed by atoms with E-state index in [0.29, 0.717) is 71.3 Å². The van der Waals surface area contributed by atoms with Crippen molar-refractivity contribution in [1.82, 2.24) is 35.6 Å². The first-order valence-electron chi connectivity index (χ1n) is 26.0. The third-order valence-electron chi connectivity index (χ3n) is 14.7. The van der Waals surface area contributed by atoms with Gasteiger partial charge in [0, 0.05) is 90.2 Å². The Morgan fingerprint density at radius 3 is 2.49 bits per heavy atom. The van der Waals surface area contributed by atoms with Crippen molar-refractivity contribution in [3.8, 4) is 11.8 Å². The quantitative estimate of drug-likeness (QED) is 0.0265. The summed E-state index contributed by atoms with van der Waals surface area (Å²) in [6.45, 7) is 0.124. The number of aromatic nitrogens is 1. The Labute approximate surface area is 460 Å². The lowest BCUT2D eigenvalue weighted by atomic mass is 10.0. The van der Waals surface area contributed by atoms with Gasteiger partial charge in [-0.1, -0.05) is 60.7 Å². The van der Waals surface area contributed by atoms with E-state index in [9.17, 15) is 61.5 Å². The SMILES string of the molecule is NC(=O)CC[C@H](NC(=O)[C@@H]1CC[C@@H]2CCN(C(=O)CCCCCC#Cc3cccc4c3CN(C3CCC(=O)NC3=O)C4=O)C[C@H](NC(=O)c3cc4cc(C(F)(F)P(=O)(O)O)ccc4s3)C(=O)N21)c1ncc(Cc2ccccc2)s1. The van der Waals surface area contributed by atoms with Crippen LogP contribution in [0.4, 0.5) is 8.78 Å². The Morgan fingerprint density at radius 2 is 1.73 bits per heavy atom. The molecule has 19 nitrogen and oxygen atoms in total. The molecule has 8 amide bonds. The molecule has 3 saturated heterocycles. The minimum atomic E-state index is -5.90. The van der Waals surface area contributed by atoms with Crippen LogP contribution in [-0.2, 0) is 52.0 Å². The van der Waals surface area contributed by atoms with Gasteiger partial charge in [0.05, 0.1) is 10.9 Å². The van der Waals surface area contributed by atoms with Crippen LogP contribution in [0.5, 0.6) is 0 Å². The predicted octanol–water partition coefficient (Wildman–Crippen LogP) is 5.75. The van der Waals surface area contributed by atoms with Gasteiger partial charge in [0.1, 0.15) is 23.1 Å². The van der Waals surface area contributed by atoms with Crippen molar-refractivity contribution < 1.29 is 61.5 Å². The standard InChI is InChI=1S/C55H57F2N8O11PS2/c56-55(57,77(74,75)76)35-16-21-44-34(27-35)28-45(79-44)51(71)61-41-31-63(48(68)15-8-3-1-2-7-12-33-13-9-14-38-39(33)30-64(53(38)72)42-20-23-47(67)62-49(42)69)25-24-36-17-19-43(65(36)54(41)73)50(70)60-40(18-22-46(58)66)52-59-29-37(78-52)26-32-10-5-4-6-11-32/h4-6,9-11,13-14,16,21,27-29,36,40-43H,1-3,8,15,17-20,22-26,30-31H2,(H2,58,66)(H,60,70)(H,61,71)(H,62,67,69)(H2,74,75,76)/t36-,40+,41+,42?,43+/m1/s1. The molecular formula is C55H57F2N8O11PS2. The lowest BCUT2D eigenvalue weighted by molar-refractivity contribution is -0.145. The molecule has 7 N–H and O–H groups in total. The van der Waals surface area contributed by atoms with E-state index in [1.54, 1.807) is 18.3 Å². The zero-order valence-corrected chi connectivity index (χ0v) is 45.2. The Kier molecular flexibility index (Phi) is 17.2. The second-order valence-electron chi connectivity index (χ2n) is 20.1. The smallest absolute Gasteiger partial charge is 0.370 e. The number of alkyl halides is 2. The first kappa shape index (κ1) is 56.5. The van der Waals surface area contributed by atoms with Gasteiger partial charge in [-0.2, -0.15) is 8.78 Å². The number of benzene rings is 3. The van der Waals surface area contributed by atoms with Gasteiger partial charge < -0.3 is 40.9 Å². The molecule has 1 unspecified atom stereocenters. The number of nitrogens with one attached hydrogen (secondary N) is 3. The average molecular weight is 1140 g/mol. The van der Waals surface area contributed by atoms with E-state index in [1.807, 2.05) is 36.4 Å². The van der Waals surface area contributed by atoms with Crippen LogP contribution >= 0.6 is 30.3 Å². The monoisotopic (exact) mass is 1140 g/mol. The fourth-order valence-electron chi connectivity index (χ4n) is 10.6. The molecule has 0 aliphatic carbocycles. The lowest BCUT2D eigenvalue weighted by Crippen LogP contribution is -2.61. The van der Waals surface area contributed by atoms with E-state index in [0.717, 1.165) is 33.9 Å². The summed E-state index contributed by atoms with van der Waals surface area (Å²) in [5.74, 6) is 2.42. The van der Waals surface area contributed by atoms with E-state index in [4.69, 9.17) is 5.73 Å². The van der Waals surface area contributed by atoms with Gasteiger partial charge in [-0.3, -0.25) is 48.2 Å². The number of nitrogens with zero attached hydrogens (tertiary/aromatic N) is 4. The number of imide groups is 1. The van der Waals surface area contributed by atoms with Crippen molar-refractivity contribution in [2.24, 2.45) is 5.73 Å². The second kappa shape index (κ2) is 24.0. The largest absolute Gasteiger partial charge is 0.399 e. The summed E-state index contributed by atoms with van der Waals surface area (Å²) in [6, 6.07) is 14.9. The molecule has 0 saturated carbocycles. The van der Waals surface area contributed by atoms with Crippen molar-refractivity contribution in [3.05, 3.63) is 122 Å². The number of piperidine rings is 1. The Hall–Kier alpha value is -7.22. The summed E-state index contributed by atoms with van der Waals surface area (Å²) in [4.78, 5) is 136. The van der Waals surface area contributed by atoms with Gasteiger partial charge in [-0.15, -0.1) is 22.7 Å². The maximum absolute atomic E-state index is 15.0. The minimum Gasteiger partial charge on any atom is -0.370 e. The van der Waals surface area contributed by atoms with Crippen LogP contribution in [0.15, 0.2) is 79.0 Å². The maximum atomic E-state index is 15.0. The number of fused-ring (bicyclic) bond motifs is 3. The summed E-state index contributed by atoms with van der Waals surface area (Å²) < 4.78 is 41.4. The lowest BCUT2D eigenvalue weighted by Gasteiger charge is -2.39. The Morgan fingerprint density at radius 1 is 0.937 bits per heavy atom. The highest BCUT2D eigenvalue weighted by molar-refractivity contribution is 7.52. The number of carbonyl (C=O) groups is 8. The van der Waals surface area contributed by atoms with Crippen LogP contribution in [0.2, 0.25) is 0 Å². The molecule has 6 heterocycles. The first-order valence-corrected chi connectivity index (χ1v) is 29.2. The van der Waals surface area contributed by atoms with Crippen molar-refractivity contribution in [3.63, 3.8) is 0 Å². The number of thiazole rings is 1. The molecule has 2 aromatic heterocycles. The van der Waals surface area contributed by atoms with Gasteiger partial charge in [-0.05, 0) is 91.8 Å². The highest BCUT2D eigenvalue weighted by Crippen LogP contribution is 2.59. The average Bonchev–Trinajstić information content (AvgIpc) is 4.42. The van der Waals surface area contributed by atoms with Crippen molar-refractivity contribution in [1.29, 1.82) is 0 Å². The van der Waals surface area contributed by atoms with Gasteiger partial charge in [-0.25, -0.2) is 4.98 Å². The highest BCUT2D eigenvalue weighted by atomic mass is 32.1. The topological polar surface area (TPSA) is 279 Å². The normalized spacial score (nSPS) is 19.9. The molecule has 24 heteroatoms. The van der Waals surface area contributed by atoms with E-state index >= 15 is 0 Å². The molecule has 4 aliphatic rings. The van der Waals surface area contributed by atoms with Crippen LogP contribution in [0.3, 0.4) is 0 Å². The third-order valence-corrected chi connectivity index (χ3v) is 17.9. The van der Waals surface area contributed by atoms with Crippen LogP contribution in [0.25, 0.3) is 10.1 Å². The number of unbranched alkanes of at least 4 members (excludes halogenated alkanes) is 3. The fourth-order valence-corrected chi connectivity index (χ4v) is 13.0. The van der Waals surface area contributed by atoms with E-state index in [2.05, 4.69) is 32.8 Å². The zero-order valence-electron chi connectivity index (χ0n) is 42.7. The zero-order chi connectivity index (χ0) is 56.2. The number of hydrogen-bond donors (Lipinski definition) is 6. The maximum Gasteiger partial charge on any atom is 0.399 e. The summed E-state index contributed by atoms with van der Waals surface area (Å²) >= 11 is 2.28. The molecule has 0 radical (unpaired) electrons. The van der Waals surface area contributed by atoms with E-state index < -0.39 is 78.6 Å². The predicted molar refractivity (Wildman–Crippen MR) is 287 cm³/mol. The number of carbonyl (C=O) groups excluding carboxylic acids is 8. The summed E-state index contributed by atoms with van der Waals surface area (Å²) in [5.41, 5.74) is 3.00. The molecule has 0 bridgehead atoms.